The van der Waals surface area contributed by atoms with Crippen LogP contribution in [-0.4, -0.2) is 34.1 Å². The van der Waals surface area contributed by atoms with Crippen LogP contribution in [0.15, 0.2) is 48.5 Å². The molecule has 1 aliphatic carbocycles. The zero-order chi connectivity index (χ0) is 23.4. The van der Waals surface area contributed by atoms with Crippen molar-refractivity contribution in [3.05, 3.63) is 65.9 Å². The Bertz CT molecular complexity index is 1110. The van der Waals surface area contributed by atoms with Crippen LogP contribution < -0.4 is 0 Å². The quantitative estimate of drug-likeness (QED) is 0.473. The Kier molecular flexibility index (Phi) is 7.18. The molecule has 174 valence electrons. The van der Waals surface area contributed by atoms with Gasteiger partial charge in [-0.05, 0) is 62.1 Å². The van der Waals surface area contributed by atoms with E-state index in [0.29, 0.717) is 24.1 Å². The number of carboxylic acid groups (broad SMARTS) is 1. The van der Waals surface area contributed by atoms with E-state index in [4.69, 9.17) is 14.9 Å². The fraction of sp³-hybridized carbons (Fsp3) is 0.385. The Morgan fingerprint density at radius 2 is 1.79 bits per heavy atom. The number of ether oxygens (including phenoxy) is 1. The van der Waals surface area contributed by atoms with E-state index >= 15 is 0 Å². The maximum absolute atomic E-state index is 14.7. The van der Waals surface area contributed by atoms with Gasteiger partial charge in [0.25, 0.3) is 0 Å². The summed E-state index contributed by atoms with van der Waals surface area (Å²) in [5.41, 5.74) is 3.56. The van der Waals surface area contributed by atoms with Crippen LogP contribution in [0.1, 0.15) is 31.4 Å². The molecule has 0 saturated heterocycles. The van der Waals surface area contributed by atoms with Crippen molar-refractivity contribution in [3.63, 3.8) is 0 Å². The van der Waals surface area contributed by atoms with E-state index in [2.05, 4.69) is 0 Å². The first-order valence-corrected chi connectivity index (χ1v) is 11.3. The summed E-state index contributed by atoms with van der Waals surface area (Å²) in [6.07, 6.45) is 3.97. The maximum Gasteiger partial charge on any atom is 0.329 e. The van der Waals surface area contributed by atoms with Crippen molar-refractivity contribution < 1.29 is 23.4 Å². The summed E-state index contributed by atoms with van der Waals surface area (Å²) >= 11 is 0. The lowest BCUT2D eigenvalue weighted by Crippen LogP contribution is -2.23. The molecule has 7 heteroatoms. The Labute approximate surface area is 192 Å². The van der Waals surface area contributed by atoms with E-state index in [1.54, 1.807) is 0 Å². The Morgan fingerprint density at radius 3 is 2.45 bits per heavy atom. The van der Waals surface area contributed by atoms with Crippen molar-refractivity contribution in [1.82, 2.24) is 9.78 Å². The molecule has 5 nitrogen and oxygen atoms in total. The predicted octanol–water partition coefficient (Wildman–Crippen LogP) is 5.71. The molecule has 0 aliphatic heterocycles. The molecular weight excluding hydrogens is 426 g/mol. The van der Waals surface area contributed by atoms with Crippen LogP contribution in [0.4, 0.5) is 8.78 Å². The van der Waals surface area contributed by atoms with Gasteiger partial charge in [-0.2, -0.15) is 5.10 Å². The number of hydrogen-bond acceptors (Lipinski definition) is 3. The topological polar surface area (TPSA) is 64.4 Å². The van der Waals surface area contributed by atoms with Crippen molar-refractivity contribution in [2.24, 2.45) is 11.8 Å². The van der Waals surface area contributed by atoms with Gasteiger partial charge in [0, 0.05) is 29.4 Å². The number of halogens is 2. The monoisotopic (exact) mass is 454 g/mol. The second kappa shape index (κ2) is 10.3. The number of rotatable bonds is 8. The maximum atomic E-state index is 14.7. The van der Waals surface area contributed by atoms with Gasteiger partial charge in [-0.25, -0.2) is 13.6 Å². The van der Waals surface area contributed by atoms with Crippen LogP contribution >= 0.6 is 0 Å². The first-order chi connectivity index (χ1) is 15.9. The summed E-state index contributed by atoms with van der Waals surface area (Å²) < 4.78 is 35.4. The molecule has 1 N–H and O–H groups in total. The van der Waals surface area contributed by atoms with E-state index in [-0.39, 0.29) is 12.2 Å². The standard InChI is InChI=1S/C26H28F2N2O3/c1-17-25(20-5-3-2-4-6-20)26(22-12-11-21(27)13-23(22)28)29-30(17)14-18-7-9-19(10-8-18)15-33-16-24(31)32/h2-6,11-13,18-19H,7-10,14-16H2,1H3,(H,31,32). The average Bonchev–Trinajstić information content (AvgIpc) is 3.11. The Morgan fingerprint density at radius 1 is 1.09 bits per heavy atom. The van der Waals surface area contributed by atoms with Crippen molar-refractivity contribution in [2.75, 3.05) is 13.2 Å². The number of carboxylic acids is 1. The highest BCUT2D eigenvalue weighted by molar-refractivity contribution is 5.82. The summed E-state index contributed by atoms with van der Waals surface area (Å²) in [7, 11) is 0. The van der Waals surface area contributed by atoms with E-state index in [1.165, 1.54) is 12.1 Å². The minimum atomic E-state index is -0.944. The van der Waals surface area contributed by atoms with Crippen molar-refractivity contribution in [1.29, 1.82) is 0 Å². The minimum Gasteiger partial charge on any atom is -0.480 e. The molecule has 1 fully saturated rings. The highest BCUT2D eigenvalue weighted by Gasteiger charge is 2.25. The molecule has 1 heterocycles. The Balaban J connectivity index is 1.55. The molecule has 1 saturated carbocycles. The molecule has 0 radical (unpaired) electrons. The van der Waals surface area contributed by atoms with Gasteiger partial charge in [-0.3, -0.25) is 4.68 Å². The third-order valence-corrected chi connectivity index (χ3v) is 6.43. The van der Waals surface area contributed by atoms with E-state index < -0.39 is 17.6 Å². The number of nitrogens with zero attached hydrogens (tertiary/aromatic N) is 2. The van der Waals surface area contributed by atoms with Crippen LogP contribution in [0.3, 0.4) is 0 Å². The third kappa shape index (κ3) is 5.47. The molecule has 1 aromatic heterocycles. The second-order valence-electron chi connectivity index (χ2n) is 8.78. The summed E-state index contributed by atoms with van der Waals surface area (Å²) in [5, 5.41) is 13.5. The van der Waals surface area contributed by atoms with E-state index in [9.17, 15) is 13.6 Å². The highest BCUT2D eigenvalue weighted by Crippen LogP contribution is 2.37. The number of hydrogen-bond donors (Lipinski definition) is 1. The van der Waals surface area contributed by atoms with Gasteiger partial charge in [0.2, 0.25) is 0 Å². The zero-order valence-corrected chi connectivity index (χ0v) is 18.6. The van der Waals surface area contributed by atoms with Crippen LogP contribution in [-0.2, 0) is 16.1 Å². The highest BCUT2D eigenvalue weighted by atomic mass is 19.1. The molecule has 1 aliphatic rings. The molecule has 0 spiro atoms. The molecule has 3 aromatic rings. The van der Waals surface area contributed by atoms with Gasteiger partial charge in [0.05, 0.1) is 6.61 Å². The zero-order valence-electron chi connectivity index (χ0n) is 18.6. The van der Waals surface area contributed by atoms with Crippen molar-refractivity contribution in [3.8, 4) is 22.4 Å². The summed E-state index contributed by atoms with van der Waals surface area (Å²) in [5.74, 6) is -1.38. The van der Waals surface area contributed by atoms with Crippen LogP contribution in [0.5, 0.6) is 0 Å². The largest absolute Gasteiger partial charge is 0.480 e. The number of benzene rings is 2. The molecule has 2 aromatic carbocycles. The van der Waals surface area contributed by atoms with Gasteiger partial charge < -0.3 is 9.84 Å². The van der Waals surface area contributed by atoms with Gasteiger partial charge >= 0.3 is 5.97 Å². The van der Waals surface area contributed by atoms with Crippen LogP contribution in [0.25, 0.3) is 22.4 Å². The van der Waals surface area contributed by atoms with Gasteiger partial charge in [-0.15, -0.1) is 0 Å². The summed E-state index contributed by atoms with van der Waals surface area (Å²) in [4.78, 5) is 10.6. The lowest BCUT2D eigenvalue weighted by Gasteiger charge is -2.28. The fourth-order valence-electron chi connectivity index (χ4n) is 4.68. The van der Waals surface area contributed by atoms with Crippen LogP contribution in [0, 0.1) is 30.4 Å². The predicted molar refractivity (Wildman–Crippen MR) is 122 cm³/mol. The fourth-order valence-corrected chi connectivity index (χ4v) is 4.68. The van der Waals surface area contributed by atoms with Gasteiger partial charge in [0.15, 0.2) is 0 Å². The van der Waals surface area contributed by atoms with Gasteiger partial charge in [-0.1, -0.05) is 30.3 Å². The summed E-state index contributed by atoms with van der Waals surface area (Å²) in [6.45, 7) is 2.94. The van der Waals surface area contributed by atoms with E-state index in [1.807, 2.05) is 41.9 Å². The SMILES string of the molecule is Cc1c(-c2ccccc2)c(-c2ccc(F)cc2F)nn1CC1CCC(COCC(=O)O)CC1. The molecule has 0 atom stereocenters. The molecule has 0 amide bonds. The molecule has 0 unspecified atom stereocenters. The normalized spacial score (nSPS) is 18.4. The average molecular weight is 455 g/mol. The number of aromatic nitrogens is 2. The molecule has 0 bridgehead atoms. The number of carbonyl (C=O) groups is 1. The van der Waals surface area contributed by atoms with Crippen LogP contribution in [0.2, 0.25) is 0 Å². The smallest absolute Gasteiger partial charge is 0.329 e. The molecule has 33 heavy (non-hydrogen) atoms. The minimum absolute atomic E-state index is 0.253. The molecule has 4 rings (SSSR count). The van der Waals surface area contributed by atoms with Crippen molar-refractivity contribution in [2.45, 2.75) is 39.2 Å². The lowest BCUT2D eigenvalue weighted by molar-refractivity contribution is -0.142. The summed E-state index contributed by atoms with van der Waals surface area (Å²) in [6, 6.07) is 13.4. The second-order valence-corrected chi connectivity index (χ2v) is 8.78. The van der Waals surface area contributed by atoms with Crippen molar-refractivity contribution >= 4 is 5.97 Å². The first-order valence-electron chi connectivity index (χ1n) is 11.3. The lowest BCUT2D eigenvalue weighted by atomic mass is 9.82. The number of aliphatic carboxylic acids is 1. The first kappa shape index (κ1) is 23.1. The Hall–Kier alpha value is -3.06. The third-order valence-electron chi connectivity index (χ3n) is 6.43. The van der Waals surface area contributed by atoms with Gasteiger partial charge in [0.1, 0.15) is 23.9 Å². The van der Waals surface area contributed by atoms with E-state index in [0.717, 1.165) is 55.1 Å². The molecular formula is C26H28F2N2O3.